The Kier molecular flexibility index (Phi) is 6.21. The monoisotopic (exact) mass is 440 g/mol. The number of amides is 1. The van der Waals surface area contributed by atoms with Gasteiger partial charge in [0.05, 0.1) is 31.0 Å². The Morgan fingerprint density at radius 2 is 1.79 bits per heavy atom. The van der Waals surface area contributed by atoms with E-state index in [-0.39, 0.29) is 21.2 Å². The molecule has 0 saturated carbocycles. The summed E-state index contributed by atoms with van der Waals surface area (Å²) in [6.07, 6.45) is 0.739. The molecule has 0 saturated heterocycles. The molecule has 0 unspecified atom stereocenters. The summed E-state index contributed by atoms with van der Waals surface area (Å²) in [6, 6.07) is 7.33. The van der Waals surface area contributed by atoms with E-state index in [0.717, 1.165) is 10.7 Å². The molecule has 0 aromatic heterocycles. The Labute approximate surface area is 174 Å². The molecule has 10 heteroatoms. The van der Waals surface area contributed by atoms with E-state index in [1.54, 1.807) is 12.1 Å². The van der Waals surface area contributed by atoms with Gasteiger partial charge in [0.15, 0.2) is 11.5 Å². The standard InChI is InChI=1S/C19H21ClN2O6S/c1-22(2)29(24,25)18-9-12(5-6-15(18)26-3)19(23)21-14-11-17-16(10-13(14)20)27-7-4-8-28-17/h5-6,9-11H,4,7-8H2,1-3H3,(H,21,23). The van der Waals surface area contributed by atoms with Crippen molar-refractivity contribution in [2.45, 2.75) is 11.3 Å². The molecule has 0 bridgehead atoms. The zero-order valence-electron chi connectivity index (χ0n) is 16.2. The summed E-state index contributed by atoms with van der Waals surface area (Å²) < 4.78 is 42.5. The van der Waals surface area contributed by atoms with E-state index in [9.17, 15) is 13.2 Å². The second kappa shape index (κ2) is 8.48. The molecule has 0 fully saturated rings. The number of nitrogens with one attached hydrogen (secondary N) is 1. The Hall–Kier alpha value is -2.49. The quantitative estimate of drug-likeness (QED) is 0.768. The molecule has 2 aromatic rings. The van der Waals surface area contributed by atoms with Crippen LogP contribution < -0.4 is 19.5 Å². The van der Waals surface area contributed by atoms with Crippen LogP contribution in [0.2, 0.25) is 5.02 Å². The van der Waals surface area contributed by atoms with E-state index in [1.807, 2.05) is 0 Å². The first-order valence-electron chi connectivity index (χ1n) is 8.75. The van der Waals surface area contributed by atoms with E-state index < -0.39 is 15.9 Å². The van der Waals surface area contributed by atoms with Gasteiger partial charge in [-0.3, -0.25) is 4.79 Å². The molecule has 0 aliphatic carbocycles. The van der Waals surface area contributed by atoms with E-state index in [0.29, 0.717) is 30.4 Å². The SMILES string of the molecule is COc1ccc(C(=O)Nc2cc3c(cc2Cl)OCCCO3)cc1S(=O)(=O)N(C)C. The van der Waals surface area contributed by atoms with Crippen LogP contribution in [0.4, 0.5) is 5.69 Å². The number of carbonyl (C=O) groups is 1. The molecule has 0 spiro atoms. The normalized spacial score (nSPS) is 13.7. The zero-order chi connectivity index (χ0) is 21.2. The predicted octanol–water partition coefficient (Wildman–Crippen LogP) is 3.01. The molecule has 2 aromatic carbocycles. The lowest BCUT2D eigenvalue weighted by Gasteiger charge is -2.16. The smallest absolute Gasteiger partial charge is 0.255 e. The van der Waals surface area contributed by atoms with Crippen LogP contribution in [0.3, 0.4) is 0 Å². The summed E-state index contributed by atoms with van der Waals surface area (Å²) in [6.45, 7) is 1.01. The first-order valence-corrected chi connectivity index (χ1v) is 10.6. The lowest BCUT2D eigenvalue weighted by Crippen LogP contribution is -2.23. The summed E-state index contributed by atoms with van der Waals surface area (Å²) in [7, 11) is 0.359. The highest BCUT2D eigenvalue weighted by Crippen LogP contribution is 2.38. The van der Waals surface area contributed by atoms with Gasteiger partial charge in [-0.2, -0.15) is 0 Å². The molecule has 29 heavy (non-hydrogen) atoms. The van der Waals surface area contributed by atoms with E-state index in [4.69, 9.17) is 25.8 Å². The van der Waals surface area contributed by atoms with Crippen molar-refractivity contribution < 1.29 is 27.4 Å². The average molecular weight is 441 g/mol. The van der Waals surface area contributed by atoms with Gasteiger partial charge in [-0.05, 0) is 18.2 Å². The molecule has 1 aliphatic heterocycles. The predicted molar refractivity (Wildman–Crippen MR) is 109 cm³/mol. The largest absolute Gasteiger partial charge is 0.495 e. The van der Waals surface area contributed by atoms with Crippen LogP contribution in [-0.4, -0.2) is 53.0 Å². The Balaban J connectivity index is 1.93. The topological polar surface area (TPSA) is 94.2 Å². The van der Waals surface area contributed by atoms with Gasteiger partial charge in [0.2, 0.25) is 10.0 Å². The molecule has 0 atom stereocenters. The molecular formula is C19H21ClN2O6S. The van der Waals surface area contributed by atoms with Crippen molar-refractivity contribution in [1.82, 2.24) is 4.31 Å². The summed E-state index contributed by atoms with van der Waals surface area (Å²) in [4.78, 5) is 12.7. The van der Waals surface area contributed by atoms with Crippen molar-refractivity contribution in [1.29, 1.82) is 0 Å². The fourth-order valence-corrected chi connectivity index (χ4v) is 3.97. The van der Waals surface area contributed by atoms with Crippen molar-refractivity contribution >= 4 is 33.2 Å². The molecule has 8 nitrogen and oxygen atoms in total. The van der Waals surface area contributed by atoms with Gasteiger partial charge in [0.25, 0.3) is 5.91 Å². The van der Waals surface area contributed by atoms with E-state index in [1.165, 1.54) is 39.4 Å². The van der Waals surface area contributed by atoms with Gasteiger partial charge >= 0.3 is 0 Å². The van der Waals surface area contributed by atoms with E-state index >= 15 is 0 Å². The number of methoxy groups -OCH3 is 1. The highest BCUT2D eigenvalue weighted by Gasteiger charge is 2.24. The highest BCUT2D eigenvalue weighted by atomic mass is 35.5. The molecular weight excluding hydrogens is 420 g/mol. The van der Waals surface area contributed by atoms with Crippen LogP contribution in [-0.2, 0) is 10.0 Å². The maximum Gasteiger partial charge on any atom is 0.255 e. The van der Waals surface area contributed by atoms with Gasteiger partial charge in [0.1, 0.15) is 10.6 Å². The first kappa shape index (κ1) is 21.2. The van der Waals surface area contributed by atoms with Gasteiger partial charge < -0.3 is 19.5 Å². The van der Waals surface area contributed by atoms with Crippen LogP contribution in [0, 0.1) is 0 Å². The Bertz CT molecular complexity index is 1040. The van der Waals surface area contributed by atoms with Crippen molar-refractivity contribution in [3.63, 3.8) is 0 Å². The maximum absolute atomic E-state index is 12.8. The molecule has 0 radical (unpaired) electrons. The minimum Gasteiger partial charge on any atom is -0.495 e. The molecule has 1 amide bonds. The van der Waals surface area contributed by atoms with Crippen LogP contribution in [0.25, 0.3) is 0 Å². The fraction of sp³-hybridized carbons (Fsp3) is 0.316. The second-order valence-electron chi connectivity index (χ2n) is 6.44. The summed E-state index contributed by atoms with van der Waals surface area (Å²) in [5.41, 5.74) is 0.461. The average Bonchev–Trinajstić information content (AvgIpc) is 2.92. The second-order valence-corrected chi connectivity index (χ2v) is 8.96. The lowest BCUT2D eigenvalue weighted by molar-refractivity contribution is 0.102. The molecule has 156 valence electrons. The third-order valence-corrected chi connectivity index (χ3v) is 6.42. The number of nitrogens with zero attached hydrogens (tertiary/aromatic N) is 1. The van der Waals surface area contributed by atoms with Gasteiger partial charge in [-0.1, -0.05) is 11.6 Å². The summed E-state index contributed by atoms with van der Waals surface area (Å²) in [5, 5.41) is 2.96. The maximum atomic E-state index is 12.8. The molecule has 3 rings (SSSR count). The third kappa shape index (κ3) is 4.42. The number of sulfonamides is 1. The lowest BCUT2D eigenvalue weighted by atomic mass is 10.2. The molecule has 1 aliphatic rings. The van der Waals surface area contributed by atoms with Crippen molar-refractivity contribution in [2.75, 3.05) is 39.7 Å². The zero-order valence-corrected chi connectivity index (χ0v) is 17.8. The van der Waals surface area contributed by atoms with Gasteiger partial charge in [-0.15, -0.1) is 0 Å². The van der Waals surface area contributed by atoms with Gasteiger partial charge in [-0.25, -0.2) is 12.7 Å². The Morgan fingerprint density at radius 3 is 2.41 bits per heavy atom. The number of halogens is 1. The summed E-state index contributed by atoms with van der Waals surface area (Å²) >= 11 is 6.27. The number of carbonyl (C=O) groups excluding carboxylic acids is 1. The minimum atomic E-state index is -3.81. The summed E-state index contributed by atoms with van der Waals surface area (Å²) in [5.74, 6) is 0.602. The van der Waals surface area contributed by atoms with Crippen LogP contribution in [0.5, 0.6) is 17.2 Å². The minimum absolute atomic E-state index is 0.109. The van der Waals surface area contributed by atoms with Crippen molar-refractivity contribution in [2.24, 2.45) is 0 Å². The van der Waals surface area contributed by atoms with E-state index in [2.05, 4.69) is 5.32 Å². The van der Waals surface area contributed by atoms with Gasteiger partial charge in [0, 0.05) is 38.2 Å². The highest BCUT2D eigenvalue weighted by molar-refractivity contribution is 7.89. The number of benzene rings is 2. The number of fused-ring (bicyclic) bond motifs is 1. The first-order chi connectivity index (χ1) is 13.7. The van der Waals surface area contributed by atoms with Crippen molar-refractivity contribution in [3.8, 4) is 17.2 Å². The number of anilines is 1. The molecule has 1 N–H and O–H groups in total. The van der Waals surface area contributed by atoms with Crippen LogP contribution in [0.1, 0.15) is 16.8 Å². The number of hydrogen-bond donors (Lipinski definition) is 1. The Morgan fingerprint density at radius 1 is 1.14 bits per heavy atom. The third-order valence-electron chi connectivity index (χ3n) is 4.27. The van der Waals surface area contributed by atoms with Crippen LogP contribution >= 0.6 is 11.6 Å². The number of ether oxygens (including phenoxy) is 3. The van der Waals surface area contributed by atoms with Crippen LogP contribution in [0.15, 0.2) is 35.2 Å². The number of rotatable bonds is 5. The number of hydrogen-bond acceptors (Lipinski definition) is 6. The molecule has 1 heterocycles. The fourth-order valence-electron chi connectivity index (χ4n) is 2.69. The van der Waals surface area contributed by atoms with Crippen molar-refractivity contribution in [3.05, 3.63) is 40.9 Å².